The van der Waals surface area contributed by atoms with Gasteiger partial charge in [0.1, 0.15) is 0 Å². The second-order valence-electron chi connectivity index (χ2n) is 6.03. The first-order valence-electron chi connectivity index (χ1n) is 8.22. The molecule has 1 unspecified atom stereocenters. The molecule has 1 saturated heterocycles. The summed E-state index contributed by atoms with van der Waals surface area (Å²) in [6, 6.07) is 7.60. The van der Waals surface area contributed by atoms with Crippen LogP contribution in [-0.4, -0.2) is 69.7 Å². The fourth-order valence-corrected chi connectivity index (χ4v) is 2.83. The van der Waals surface area contributed by atoms with Crippen LogP contribution in [0.25, 0.3) is 0 Å². The van der Waals surface area contributed by atoms with Crippen LogP contribution in [0.15, 0.2) is 24.3 Å². The predicted octanol–water partition coefficient (Wildman–Crippen LogP) is -0.628. The maximum atomic E-state index is 12.1. The molecule has 1 fully saturated rings. The molecule has 24 heavy (non-hydrogen) atoms. The highest BCUT2D eigenvalue weighted by Gasteiger charge is 2.21. The van der Waals surface area contributed by atoms with Gasteiger partial charge >= 0.3 is 0 Å². The molecule has 0 radical (unpaired) electrons. The molecule has 1 aliphatic heterocycles. The zero-order valence-corrected chi connectivity index (χ0v) is 14.8. The van der Waals surface area contributed by atoms with Gasteiger partial charge in [-0.3, -0.25) is 9.59 Å². The van der Waals surface area contributed by atoms with E-state index in [4.69, 9.17) is 16.3 Å². The molecule has 2 N–H and O–H groups in total. The molecule has 2 amide bonds. The lowest BCUT2D eigenvalue weighted by Gasteiger charge is -2.27. The first-order valence-corrected chi connectivity index (χ1v) is 8.60. The van der Waals surface area contributed by atoms with E-state index in [9.17, 15) is 9.59 Å². The zero-order valence-electron chi connectivity index (χ0n) is 14.0. The van der Waals surface area contributed by atoms with Gasteiger partial charge in [0.25, 0.3) is 11.8 Å². The van der Waals surface area contributed by atoms with E-state index in [1.807, 2.05) is 31.3 Å². The van der Waals surface area contributed by atoms with E-state index in [1.54, 1.807) is 4.90 Å². The first kappa shape index (κ1) is 18.7. The van der Waals surface area contributed by atoms with Crippen molar-refractivity contribution in [3.8, 4) is 0 Å². The number of carbonyl (C=O) groups excluding carboxylic acids is 2. The van der Waals surface area contributed by atoms with Gasteiger partial charge in [0, 0.05) is 24.7 Å². The molecule has 1 atom stereocenters. The number of ether oxygens (including phenoxy) is 1. The normalized spacial score (nSPS) is 15.8. The lowest BCUT2D eigenvalue weighted by atomic mass is 10.1. The second-order valence-corrected chi connectivity index (χ2v) is 6.47. The highest BCUT2D eigenvalue weighted by Crippen LogP contribution is 2.10. The Bertz CT molecular complexity index is 562. The van der Waals surface area contributed by atoms with E-state index >= 15 is 0 Å². The third-order valence-electron chi connectivity index (χ3n) is 3.90. The molecule has 0 bridgehead atoms. The summed E-state index contributed by atoms with van der Waals surface area (Å²) < 4.78 is 5.23. The fourth-order valence-electron chi connectivity index (χ4n) is 2.62. The van der Waals surface area contributed by atoms with Crippen molar-refractivity contribution in [3.63, 3.8) is 0 Å². The Balaban J connectivity index is 1.64. The number of rotatable bonds is 7. The lowest BCUT2D eigenvalue weighted by Crippen LogP contribution is -3.11. The Morgan fingerprint density at radius 2 is 2.04 bits per heavy atom. The van der Waals surface area contributed by atoms with Crippen molar-refractivity contribution >= 4 is 23.4 Å². The molecule has 1 aromatic rings. The molecular formula is C17H25ClN3O3+. The number of morpholine rings is 1. The number of nitrogens with one attached hydrogen (secondary N) is 2. The second kappa shape index (κ2) is 9.61. The van der Waals surface area contributed by atoms with Gasteiger partial charge in [-0.05, 0) is 24.1 Å². The quantitative estimate of drug-likeness (QED) is 0.685. The molecule has 6 nitrogen and oxygen atoms in total. The largest absolute Gasteiger partial charge is 0.378 e. The number of hydrogen-bond donors (Lipinski definition) is 2. The highest BCUT2D eigenvalue weighted by molar-refractivity contribution is 6.30. The fraction of sp³-hybridized carbons (Fsp3) is 0.529. The Morgan fingerprint density at radius 1 is 1.29 bits per heavy atom. The van der Waals surface area contributed by atoms with Gasteiger partial charge in [0.05, 0.1) is 20.3 Å². The topological polar surface area (TPSA) is 63.1 Å². The monoisotopic (exact) mass is 354 g/mol. The Morgan fingerprint density at radius 3 is 2.75 bits per heavy atom. The maximum Gasteiger partial charge on any atom is 0.277 e. The third-order valence-corrected chi connectivity index (χ3v) is 4.14. The molecule has 7 heteroatoms. The molecule has 2 rings (SSSR count). The Kier molecular flexibility index (Phi) is 7.49. The van der Waals surface area contributed by atoms with E-state index in [2.05, 4.69) is 5.32 Å². The number of benzene rings is 1. The van der Waals surface area contributed by atoms with Crippen LogP contribution in [0.1, 0.15) is 5.56 Å². The summed E-state index contributed by atoms with van der Waals surface area (Å²) in [7, 11) is 1.86. The molecule has 1 aliphatic rings. The van der Waals surface area contributed by atoms with Gasteiger partial charge in [0.15, 0.2) is 13.1 Å². The van der Waals surface area contributed by atoms with Gasteiger partial charge in [-0.15, -0.1) is 0 Å². The molecule has 0 spiro atoms. The summed E-state index contributed by atoms with van der Waals surface area (Å²) in [4.78, 5) is 26.8. The van der Waals surface area contributed by atoms with Crippen molar-refractivity contribution in [2.24, 2.45) is 0 Å². The number of halogens is 1. The number of quaternary nitrogens is 1. The van der Waals surface area contributed by atoms with Gasteiger partial charge < -0.3 is 19.9 Å². The maximum absolute atomic E-state index is 12.1. The van der Waals surface area contributed by atoms with Crippen LogP contribution in [0.4, 0.5) is 0 Å². The summed E-state index contributed by atoms with van der Waals surface area (Å²) in [6.45, 7) is 3.62. The van der Waals surface area contributed by atoms with Crippen molar-refractivity contribution < 1.29 is 19.2 Å². The van der Waals surface area contributed by atoms with Crippen LogP contribution in [0.3, 0.4) is 0 Å². The van der Waals surface area contributed by atoms with Crippen LogP contribution in [-0.2, 0) is 20.7 Å². The van der Waals surface area contributed by atoms with Crippen LogP contribution in [0, 0.1) is 0 Å². The molecule has 0 aromatic heterocycles. The standard InChI is InChI=1S/C17H24ClN3O3/c1-20(13-17(23)21-7-9-24-10-8-21)12-16(22)19-6-5-14-3-2-4-15(18)11-14/h2-4,11H,5-10,12-13H2,1H3,(H,19,22)/p+1. The van der Waals surface area contributed by atoms with E-state index in [0.29, 0.717) is 44.4 Å². The van der Waals surface area contributed by atoms with Gasteiger partial charge in [-0.25, -0.2) is 0 Å². The molecule has 1 aromatic carbocycles. The number of carbonyl (C=O) groups is 2. The molecule has 132 valence electrons. The number of nitrogens with zero attached hydrogens (tertiary/aromatic N) is 1. The number of hydrogen-bond acceptors (Lipinski definition) is 3. The van der Waals surface area contributed by atoms with E-state index in [-0.39, 0.29) is 18.4 Å². The van der Waals surface area contributed by atoms with Crippen molar-refractivity contribution in [1.29, 1.82) is 0 Å². The summed E-state index contributed by atoms with van der Waals surface area (Å²) in [5, 5.41) is 3.59. The third kappa shape index (κ3) is 6.47. The van der Waals surface area contributed by atoms with Gasteiger partial charge in [0.2, 0.25) is 0 Å². The van der Waals surface area contributed by atoms with Crippen LogP contribution < -0.4 is 10.2 Å². The minimum absolute atomic E-state index is 0.0516. The number of amides is 2. The predicted molar refractivity (Wildman–Crippen MR) is 92.2 cm³/mol. The summed E-state index contributed by atoms with van der Waals surface area (Å²) in [5.41, 5.74) is 1.09. The van der Waals surface area contributed by atoms with Crippen molar-refractivity contribution in [3.05, 3.63) is 34.9 Å². The SMILES string of the molecule is C[NH+](CC(=O)NCCc1cccc(Cl)c1)CC(=O)N1CCOCC1. The molecule has 0 saturated carbocycles. The van der Waals surface area contributed by atoms with Crippen LogP contribution in [0.5, 0.6) is 0 Å². The Hall–Kier alpha value is -1.63. The van der Waals surface area contributed by atoms with Crippen molar-refractivity contribution in [2.75, 3.05) is 53.0 Å². The van der Waals surface area contributed by atoms with E-state index in [0.717, 1.165) is 16.9 Å². The smallest absolute Gasteiger partial charge is 0.277 e. The van der Waals surface area contributed by atoms with Crippen molar-refractivity contribution in [2.45, 2.75) is 6.42 Å². The van der Waals surface area contributed by atoms with Gasteiger partial charge in [-0.2, -0.15) is 0 Å². The zero-order chi connectivity index (χ0) is 17.4. The van der Waals surface area contributed by atoms with E-state index in [1.165, 1.54) is 0 Å². The molecule has 1 heterocycles. The minimum atomic E-state index is -0.0516. The molecular weight excluding hydrogens is 330 g/mol. The minimum Gasteiger partial charge on any atom is -0.378 e. The lowest BCUT2D eigenvalue weighted by molar-refractivity contribution is -0.863. The number of likely N-dealkylation sites (N-methyl/N-ethyl adjacent to an activating group) is 1. The van der Waals surface area contributed by atoms with Crippen LogP contribution >= 0.6 is 11.6 Å². The first-order chi connectivity index (χ1) is 11.5. The summed E-state index contributed by atoms with van der Waals surface area (Å²) >= 11 is 5.93. The van der Waals surface area contributed by atoms with Crippen LogP contribution in [0.2, 0.25) is 5.02 Å². The molecule has 0 aliphatic carbocycles. The summed E-state index contributed by atoms with van der Waals surface area (Å²) in [5.74, 6) is 0.0202. The van der Waals surface area contributed by atoms with Gasteiger partial charge in [-0.1, -0.05) is 23.7 Å². The van der Waals surface area contributed by atoms with Crippen molar-refractivity contribution in [1.82, 2.24) is 10.2 Å². The summed E-state index contributed by atoms with van der Waals surface area (Å²) in [6.07, 6.45) is 0.734. The average Bonchev–Trinajstić information content (AvgIpc) is 2.55. The Labute approximate surface area is 147 Å². The van der Waals surface area contributed by atoms with E-state index < -0.39 is 0 Å². The highest BCUT2D eigenvalue weighted by atomic mass is 35.5. The average molecular weight is 355 g/mol.